The van der Waals surface area contributed by atoms with Crippen molar-refractivity contribution in [3.05, 3.63) is 59.7 Å². The number of nitrogens with zero attached hydrogens (tertiary/aromatic N) is 1. The van der Waals surface area contributed by atoms with Gasteiger partial charge in [-0.3, -0.25) is 9.69 Å². The molecule has 0 unspecified atom stereocenters. The Kier molecular flexibility index (Phi) is 7.59. The number of rotatable bonds is 9. The molecule has 4 saturated carbocycles. The van der Waals surface area contributed by atoms with E-state index >= 15 is 0 Å². The highest BCUT2D eigenvalue weighted by Gasteiger charge is 2.52. The Hall–Kier alpha value is -2.96. The summed E-state index contributed by atoms with van der Waals surface area (Å²) >= 11 is 0. The summed E-state index contributed by atoms with van der Waals surface area (Å²) in [5.41, 5.74) is 4.36. The van der Waals surface area contributed by atoms with E-state index in [2.05, 4.69) is 17.0 Å². The lowest BCUT2D eigenvalue weighted by Gasteiger charge is -2.57. The Morgan fingerprint density at radius 3 is 2.23 bits per heavy atom. The smallest absolute Gasteiger partial charge is 0.328 e. The van der Waals surface area contributed by atoms with Gasteiger partial charge in [-0.25, -0.2) is 4.79 Å². The first-order valence-electron chi connectivity index (χ1n) is 14.6. The minimum absolute atomic E-state index is 0.0956. The Labute approximate surface area is 231 Å². The van der Waals surface area contributed by atoms with Crippen molar-refractivity contribution in [2.45, 2.75) is 56.8 Å². The van der Waals surface area contributed by atoms with Gasteiger partial charge < -0.3 is 14.6 Å². The van der Waals surface area contributed by atoms with Gasteiger partial charge in [0.15, 0.2) is 0 Å². The quantitative estimate of drug-likeness (QED) is 0.246. The molecule has 2 aromatic carbocycles. The van der Waals surface area contributed by atoms with E-state index in [0.29, 0.717) is 6.42 Å². The minimum Gasteiger partial charge on any atom is -0.478 e. The van der Waals surface area contributed by atoms with Crippen molar-refractivity contribution in [2.75, 3.05) is 32.8 Å². The number of hydrogen-bond acceptors (Lipinski definition) is 5. The first-order valence-corrected chi connectivity index (χ1v) is 14.6. The summed E-state index contributed by atoms with van der Waals surface area (Å²) in [5, 5.41) is 8.92. The van der Waals surface area contributed by atoms with Gasteiger partial charge in [0.1, 0.15) is 5.75 Å². The van der Waals surface area contributed by atoms with Crippen LogP contribution in [-0.2, 0) is 19.7 Å². The third kappa shape index (κ3) is 5.97. The second kappa shape index (κ2) is 11.3. The number of ether oxygens (including phenoxy) is 2. The maximum Gasteiger partial charge on any atom is 0.328 e. The largest absolute Gasteiger partial charge is 0.478 e. The van der Waals surface area contributed by atoms with Crippen molar-refractivity contribution in [3.8, 4) is 16.9 Å². The standard InChI is InChI=1S/C33H39NO5/c35-31(36)10-5-23-3-6-27(7-4-23)28-8-9-30(39-32(37)2-1-11-34-12-14-38-15-13-34)29(19-28)33-20-24-16-25(21-33)18-26(17-24)22-33/h3-10,19,24-26H,1-2,11-18,20-22H2,(H,35,36). The molecule has 7 rings (SSSR count). The molecule has 1 N–H and O–H groups in total. The highest BCUT2D eigenvalue weighted by atomic mass is 16.5. The zero-order valence-electron chi connectivity index (χ0n) is 22.6. The summed E-state index contributed by atoms with van der Waals surface area (Å²) in [6.45, 7) is 4.31. The van der Waals surface area contributed by atoms with E-state index in [1.54, 1.807) is 6.08 Å². The first-order chi connectivity index (χ1) is 19.0. The van der Waals surface area contributed by atoms with Crippen LogP contribution in [0.1, 0.15) is 62.5 Å². The van der Waals surface area contributed by atoms with Crippen LogP contribution in [0.25, 0.3) is 17.2 Å². The van der Waals surface area contributed by atoms with Crippen LogP contribution in [0.2, 0.25) is 0 Å². The third-order valence-corrected chi connectivity index (χ3v) is 9.43. The highest BCUT2D eigenvalue weighted by Crippen LogP contribution is 2.62. The molecule has 4 aliphatic carbocycles. The highest BCUT2D eigenvalue weighted by molar-refractivity contribution is 5.85. The summed E-state index contributed by atoms with van der Waals surface area (Å²) in [5.74, 6) is 2.02. The van der Waals surface area contributed by atoms with Gasteiger partial charge in [0, 0.05) is 31.1 Å². The van der Waals surface area contributed by atoms with E-state index in [1.165, 1.54) is 44.1 Å². The third-order valence-electron chi connectivity index (χ3n) is 9.43. The van der Waals surface area contributed by atoms with Gasteiger partial charge in [-0.2, -0.15) is 0 Å². The van der Waals surface area contributed by atoms with Crippen molar-refractivity contribution in [1.29, 1.82) is 0 Å². The van der Waals surface area contributed by atoms with Crippen molar-refractivity contribution >= 4 is 18.0 Å². The van der Waals surface area contributed by atoms with Gasteiger partial charge in [0.2, 0.25) is 0 Å². The number of carbonyl (C=O) groups is 2. The fraction of sp³-hybridized carbons (Fsp3) is 0.515. The van der Waals surface area contributed by atoms with Crippen LogP contribution in [0.15, 0.2) is 48.5 Å². The van der Waals surface area contributed by atoms with E-state index < -0.39 is 5.97 Å². The van der Waals surface area contributed by atoms with Crippen molar-refractivity contribution in [3.63, 3.8) is 0 Å². The molecule has 4 bridgehead atoms. The van der Waals surface area contributed by atoms with E-state index in [0.717, 1.165) is 85.5 Å². The molecule has 5 aliphatic rings. The van der Waals surface area contributed by atoms with E-state index in [4.69, 9.17) is 14.6 Å². The Bertz CT molecular complexity index is 1190. The molecule has 0 spiro atoms. The molecule has 1 saturated heterocycles. The maximum atomic E-state index is 13.0. The van der Waals surface area contributed by atoms with Gasteiger partial charge in [0.25, 0.3) is 0 Å². The van der Waals surface area contributed by atoms with Crippen molar-refractivity contribution in [2.24, 2.45) is 17.8 Å². The number of esters is 1. The van der Waals surface area contributed by atoms with Gasteiger partial charge in [-0.1, -0.05) is 30.3 Å². The average molecular weight is 530 g/mol. The molecule has 206 valence electrons. The van der Waals surface area contributed by atoms with Crippen LogP contribution in [-0.4, -0.2) is 54.8 Å². The fourth-order valence-electron chi connectivity index (χ4n) is 8.05. The van der Waals surface area contributed by atoms with Crippen LogP contribution in [0, 0.1) is 17.8 Å². The second-order valence-electron chi connectivity index (χ2n) is 12.2. The van der Waals surface area contributed by atoms with Crippen molar-refractivity contribution < 1.29 is 24.2 Å². The molecule has 1 aliphatic heterocycles. The lowest BCUT2D eigenvalue weighted by atomic mass is 9.48. The van der Waals surface area contributed by atoms with E-state index in [1.807, 2.05) is 30.3 Å². The number of hydrogen-bond donors (Lipinski definition) is 1. The second-order valence-corrected chi connectivity index (χ2v) is 12.2. The molecular weight excluding hydrogens is 490 g/mol. The zero-order valence-corrected chi connectivity index (χ0v) is 22.6. The van der Waals surface area contributed by atoms with E-state index in [9.17, 15) is 9.59 Å². The molecule has 0 aromatic heterocycles. The maximum absolute atomic E-state index is 13.0. The van der Waals surface area contributed by atoms with E-state index in [-0.39, 0.29) is 11.4 Å². The predicted octanol–water partition coefficient (Wildman–Crippen LogP) is 5.94. The normalized spacial score (nSPS) is 28.2. The Morgan fingerprint density at radius 1 is 0.949 bits per heavy atom. The van der Waals surface area contributed by atoms with Crippen molar-refractivity contribution in [1.82, 2.24) is 4.90 Å². The predicted molar refractivity (Wildman–Crippen MR) is 151 cm³/mol. The molecule has 6 nitrogen and oxygen atoms in total. The van der Waals surface area contributed by atoms with Crippen LogP contribution >= 0.6 is 0 Å². The van der Waals surface area contributed by atoms with Crippen LogP contribution < -0.4 is 4.74 Å². The summed E-state index contributed by atoms with van der Waals surface area (Å²) in [7, 11) is 0. The Balaban J connectivity index is 1.24. The number of carboxylic acid groups (broad SMARTS) is 1. The lowest BCUT2D eigenvalue weighted by Crippen LogP contribution is -2.48. The molecule has 6 heteroatoms. The molecule has 39 heavy (non-hydrogen) atoms. The SMILES string of the molecule is O=C(O)C=Cc1ccc(-c2ccc(OC(=O)CCCN3CCOCC3)c(C34CC5CC(CC(C5)C3)C4)c2)cc1. The molecule has 0 amide bonds. The number of morpholine rings is 1. The molecule has 5 fully saturated rings. The van der Waals surface area contributed by atoms with Gasteiger partial charge in [0.05, 0.1) is 13.2 Å². The molecule has 2 aromatic rings. The number of benzene rings is 2. The van der Waals surface area contributed by atoms with Crippen LogP contribution in [0.3, 0.4) is 0 Å². The fourth-order valence-corrected chi connectivity index (χ4v) is 8.05. The molecule has 0 radical (unpaired) electrons. The van der Waals surface area contributed by atoms with Gasteiger partial charge in [-0.15, -0.1) is 0 Å². The average Bonchev–Trinajstić information content (AvgIpc) is 2.92. The molecule has 0 atom stereocenters. The van der Waals surface area contributed by atoms with Crippen LogP contribution in [0.5, 0.6) is 5.75 Å². The van der Waals surface area contributed by atoms with Gasteiger partial charge in [-0.05, 0) is 110 Å². The molecule has 1 heterocycles. The summed E-state index contributed by atoms with van der Waals surface area (Å²) in [6.07, 6.45) is 11.7. The topological polar surface area (TPSA) is 76.1 Å². The Morgan fingerprint density at radius 2 is 1.59 bits per heavy atom. The monoisotopic (exact) mass is 529 g/mol. The molecular formula is C33H39NO5. The minimum atomic E-state index is -0.953. The lowest BCUT2D eigenvalue weighted by molar-refractivity contribution is -0.135. The summed E-state index contributed by atoms with van der Waals surface area (Å²) in [4.78, 5) is 26.2. The number of aliphatic carboxylic acids is 1. The zero-order chi connectivity index (χ0) is 26.8. The van der Waals surface area contributed by atoms with Gasteiger partial charge >= 0.3 is 11.9 Å². The first kappa shape index (κ1) is 26.3. The number of carboxylic acids is 1. The summed E-state index contributed by atoms with van der Waals surface area (Å²) in [6, 6.07) is 14.3. The summed E-state index contributed by atoms with van der Waals surface area (Å²) < 4.78 is 11.6. The number of carbonyl (C=O) groups excluding carboxylic acids is 1. The van der Waals surface area contributed by atoms with Crippen LogP contribution in [0.4, 0.5) is 0 Å².